The number of thioether (sulfide) groups is 1. The fourth-order valence-electron chi connectivity index (χ4n) is 2.78. The third-order valence-corrected chi connectivity index (χ3v) is 5.03. The molecular formula is C19H24N6O2S. The quantitative estimate of drug-likeness (QED) is 0.399. The minimum absolute atomic E-state index is 0.0791. The molecule has 1 amide bonds. The summed E-state index contributed by atoms with van der Waals surface area (Å²) >= 11 is 1.66. The van der Waals surface area contributed by atoms with Crippen molar-refractivity contribution in [1.29, 1.82) is 0 Å². The van der Waals surface area contributed by atoms with Crippen molar-refractivity contribution >= 4 is 34.5 Å². The van der Waals surface area contributed by atoms with Crippen LogP contribution in [0.1, 0.15) is 17.3 Å². The fraction of sp³-hybridized carbons (Fsp3) is 0.368. The second kappa shape index (κ2) is 10.0. The lowest BCUT2D eigenvalue weighted by molar-refractivity contribution is 0.0949. The second-order valence-corrected chi connectivity index (χ2v) is 7.24. The Morgan fingerprint density at radius 1 is 1.25 bits per heavy atom. The first-order valence-electron chi connectivity index (χ1n) is 9.14. The lowest BCUT2D eigenvalue weighted by Gasteiger charge is -2.10. The number of nitrogens with one attached hydrogen (secondary N) is 2. The number of carbonyl (C=O) groups is 1. The van der Waals surface area contributed by atoms with Gasteiger partial charge in [0.25, 0.3) is 5.91 Å². The van der Waals surface area contributed by atoms with Crippen LogP contribution in [0, 0.1) is 0 Å². The standard InChI is InChI=1S/C19H24N6O2S/c1-3-28-16-7-5-4-6-14(16)19(26)21-8-10-25-18-15(12-24-25)17(22-13-23-18)20-9-11-27-2/h4-7,12-13H,3,8-11H2,1-2H3,(H,21,26)(H,20,22,23). The van der Waals surface area contributed by atoms with Gasteiger partial charge in [0.2, 0.25) is 0 Å². The van der Waals surface area contributed by atoms with E-state index in [1.165, 1.54) is 6.33 Å². The van der Waals surface area contributed by atoms with E-state index in [0.29, 0.717) is 31.8 Å². The van der Waals surface area contributed by atoms with Gasteiger partial charge in [0.15, 0.2) is 5.65 Å². The molecule has 2 aromatic heterocycles. The first kappa shape index (κ1) is 20.1. The van der Waals surface area contributed by atoms with E-state index < -0.39 is 0 Å². The number of hydrogen-bond acceptors (Lipinski definition) is 7. The Labute approximate surface area is 168 Å². The average molecular weight is 401 g/mol. The number of anilines is 1. The molecule has 0 unspecified atom stereocenters. The Morgan fingerprint density at radius 2 is 2.11 bits per heavy atom. The largest absolute Gasteiger partial charge is 0.383 e. The van der Waals surface area contributed by atoms with Crippen molar-refractivity contribution < 1.29 is 9.53 Å². The normalized spacial score (nSPS) is 10.9. The molecule has 1 aromatic carbocycles. The van der Waals surface area contributed by atoms with Gasteiger partial charge in [0.1, 0.15) is 12.1 Å². The highest BCUT2D eigenvalue weighted by Crippen LogP contribution is 2.22. The van der Waals surface area contributed by atoms with Crippen molar-refractivity contribution in [3.63, 3.8) is 0 Å². The summed E-state index contributed by atoms with van der Waals surface area (Å²) in [5.41, 5.74) is 1.43. The van der Waals surface area contributed by atoms with Crippen LogP contribution in [-0.2, 0) is 11.3 Å². The van der Waals surface area contributed by atoms with Gasteiger partial charge < -0.3 is 15.4 Å². The maximum absolute atomic E-state index is 12.5. The van der Waals surface area contributed by atoms with E-state index >= 15 is 0 Å². The average Bonchev–Trinajstić information content (AvgIpc) is 3.13. The highest BCUT2D eigenvalue weighted by Gasteiger charge is 2.12. The number of benzene rings is 1. The summed E-state index contributed by atoms with van der Waals surface area (Å²) in [7, 11) is 1.66. The highest BCUT2D eigenvalue weighted by atomic mass is 32.2. The van der Waals surface area contributed by atoms with E-state index in [-0.39, 0.29) is 5.91 Å². The van der Waals surface area contributed by atoms with E-state index in [9.17, 15) is 4.79 Å². The van der Waals surface area contributed by atoms with Crippen molar-refractivity contribution in [2.75, 3.05) is 37.9 Å². The lowest BCUT2D eigenvalue weighted by atomic mass is 10.2. The van der Waals surface area contributed by atoms with Crippen LogP contribution in [-0.4, -0.2) is 58.2 Å². The third kappa shape index (κ3) is 4.79. The zero-order valence-electron chi connectivity index (χ0n) is 16.0. The minimum atomic E-state index is -0.0791. The zero-order chi connectivity index (χ0) is 19.8. The van der Waals surface area contributed by atoms with Crippen molar-refractivity contribution in [1.82, 2.24) is 25.1 Å². The van der Waals surface area contributed by atoms with Crippen molar-refractivity contribution in [3.05, 3.63) is 42.4 Å². The number of nitrogens with zero attached hydrogens (tertiary/aromatic N) is 4. The van der Waals surface area contributed by atoms with Crippen LogP contribution in [0.2, 0.25) is 0 Å². The molecule has 0 aliphatic heterocycles. The van der Waals surface area contributed by atoms with E-state index in [0.717, 1.165) is 27.5 Å². The molecule has 28 heavy (non-hydrogen) atoms. The van der Waals surface area contributed by atoms with Crippen molar-refractivity contribution in [3.8, 4) is 0 Å². The van der Waals surface area contributed by atoms with Crippen LogP contribution in [0.3, 0.4) is 0 Å². The number of fused-ring (bicyclic) bond motifs is 1. The molecule has 0 fully saturated rings. The van der Waals surface area contributed by atoms with E-state index in [2.05, 4.69) is 32.6 Å². The van der Waals surface area contributed by atoms with Gasteiger partial charge in [-0.25, -0.2) is 14.6 Å². The van der Waals surface area contributed by atoms with Crippen LogP contribution in [0.15, 0.2) is 41.7 Å². The van der Waals surface area contributed by atoms with Crippen LogP contribution in [0.5, 0.6) is 0 Å². The molecule has 0 radical (unpaired) electrons. The minimum Gasteiger partial charge on any atom is -0.383 e. The zero-order valence-corrected chi connectivity index (χ0v) is 16.8. The van der Waals surface area contributed by atoms with E-state index in [1.807, 2.05) is 24.3 Å². The molecule has 0 atom stereocenters. The van der Waals surface area contributed by atoms with Gasteiger partial charge in [-0.05, 0) is 17.9 Å². The molecular weight excluding hydrogens is 376 g/mol. The van der Waals surface area contributed by atoms with Crippen LogP contribution >= 0.6 is 11.8 Å². The molecule has 0 saturated carbocycles. The summed E-state index contributed by atoms with van der Waals surface area (Å²) in [4.78, 5) is 22.1. The first-order valence-corrected chi connectivity index (χ1v) is 10.1. The predicted octanol–water partition coefficient (Wildman–Crippen LogP) is 2.43. The van der Waals surface area contributed by atoms with Gasteiger partial charge >= 0.3 is 0 Å². The molecule has 3 rings (SSSR count). The van der Waals surface area contributed by atoms with Gasteiger partial charge in [0, 0.05) is 25.1 Å². The fourth-order valence-corrected chi connectivity index (χ4v) is 3.58. The van der Waals surface area contributed by atoms with Gasteiger partial charge in [-0.3, -0.25) is 4.79 Å². The maximum Gasteiger partial charge on any atom is 0.252 e. The molecule has 3 aromatic rings. The summed E-state index contributed by atoms with van der Waals surface area (Å²) in [5, 5.41) is 11.4. The third-order valence-electron chi connectivity index (χ3n) is 4.07. The SMILES string of the molecule is CCSc1ccccc1C(=O)NCCn1ncc2c(NCCOC)ncnc21. The Bertz CT molecular complexity index is 930. The van der Waals surface area contributed by atoms with Crippen LogP contribution in [0.25, 0.3) is 11.0 Å². The second-order valence-electron chi connectivity index (χ2n) is 5.93. The maximum atomic E-state index is 12.5. The van der Waals surface area contributed by atoms with Crippen molar-refractivity contribution in [2.45, 2.75) is 18.4 Å². The molecule has 148 valence electrons. The van der Waals surface area contributed by atoms with Gasteiger partial charge in [-0.2, -0.15) is 5.10 Å². The van der Waals surface area contributed by atoms with Crippen LogP contribution < -0.4 is 10.6 Å². The Balaban J connectivity index is 1.63. The number of carbonyl (C=O) groups excluding carboxylic acids is 1. The molecule has 0 aliphatic carbocycles. The summed E-state index contributed by atoms with van der Waals surface area (Å²) in [6, 6.07) is 7.65. The molecule has 2 heterocycles. The Morgan fingerprint density at radius 3 is 2.93 bits per heavy atom. The molecule has 8 nitrogen and oxygen atoms in total. The summed E-state index contributed by atoms with van der Waals surface area (Å²) in [6.45, 7) is 4.29. The molecule has 0 bridgehead atoms. The van der Waals surface area contributed by atoms with E-state index in [1.54, 1.807) is 29.8 Å². The topological polar surface area (TPSA) is 94.0 Å². The highest BCUT2D eigenvalue weighted by molar-refractivity contribution is 7.99. The van der Waals surface area contributed by atoms with Gasteiger partial charge in [-0.1, -0.05) is 19.1 Å². The smallest absolute Gasteiger partial charge is 0.252 e. The number of aromatic nitrogens is 4. The predicted molar refractivity (Wildman–Crippen MR) is 111 cm³/mol. The number of hydrogen-bond donors (Lipinski definition) is 2. The monoisotopic (exact) mass is 400 g/mol. The molecule has 0 aliphatic rings. The Kier molecular flexibility index (Phi) is 7.21. The first-order chi connectivity index (χ1) is 13.7. The molecule has 2 N–H and O–H groups in total. The van der Waals surface area contributed by atoms with Gasteiger partial charge in [0.05, 0.1) is 30.3 Å². The molecule has 0 saturated heterocycles. The lowest BCUT2D eigenvalue weighted by Crippen LogP contribution is -2.28. The number of amides is 1. The number of ether oxygens (including phenoxy) is 1. The Hall–Kier alpha value is -2.65. The van der Waals surface area contributed by atoms with E-state index in [4.69, 9.17) is 4.74 Å². The number of rotatable bonds is 10. The van der Waals surface area contributed by atoms with Gasteiger partial charge in [-0.15, -0.1) is 11.8 Å². The summed E-state index contributed by atoms with van der Waals surface area (Å²) < 4.78 is 6.82. The van der Waals surface area contributed by atoms with Crippen molar-refractivity contribution in [2.24, 2.45) is 0 Å². The molecule has 0 spiro atoms. The summed E-state index contributed by atoms with van der Waals surface area (Å²) in [6.07, 6.45) is 3.24. The summed E-state index contributed by atoms with van der Waals surface area (Å²) in [5.74, 6) is 1.57. The van der Waals surface area contributed by atoms with Crippen LogP contribution in [0.4, 0.5) is 5.82 Å². The number of methoxy groups -OCH3 is 1. The molecule has 9 heteroatoms.